The molecule has 0 aliphatic carbocycles. The zero-order valence-corrected chi connectivity index (χ0v) is 12.0. The van der Waals surface area contributed by atoms with Crippen LogP contribution < -0.4 is 0 Å². The lowest BCUT2D eigenvalue weighted by Crippen LogP contribution is -2.36. The lowest BCUT2D eigenvalue weighted by Gasteiger charge is -2.32. The van der Waals surface area contributed by atoms with Gasteiger partial charge in [-0.1, -0.05) is 6.07 Å². The van der Waals surface area contributed by atoms with Crippen LogP contribution in [0.3, 0.4) is 0 Å². The van der Waals surface area contributed by atoms with Gasteiger partial charge in [-0.05, 0) is 56.3 Å². The zero-order valence-electron chi connectivity index (χ0n) is 12.0. The number of aromatic nitrogens is 3. The van der Waals surface area contributed by atoms with Gasteiger partial charge in [-0.3, -0.25) is 15.0 Å². The molecule has 4 heteroatoms. The number of likely N-dealkylation sites (tertiary alicyclic amines) is 1. The number of pyridine rings is 1. The Bertz CT molecular complexity index is 534. The Morgan fingerprint density at radius 1 is 1.40 bits per heavy atom. The number of nitrogens with zero attached hydrogens (tertiary/aromatic N) is 3. The molecule has 0 radical (unpaired) electrons. The molecule has 1 aliphatic heterocycles. The second-order valence-electron chi connectivity index (χ2n) is 5.80. The molecular weight excluding hydrogens is 248 g/mol. The van der Waals surface area contributed by atoms with Crippen LogP contribution in [0.5, 0.6) is 0 Å². The molecule has 1 fully saturated rings. The predicted molar refractivity (Wildman–Crippen MR) is 79.3 cm³/mol. The first-order valence-corrected chi connectivity index (χ1v) is 7.42. The standard InChI is InChI=1S/C16H22N4/c1-13-10-18-19-16(13)9-14-5-4-8-20(11-14)12-15-6-2-3-7-17-15/h2-3,6-7,10,14H,4-5,8-9,11-12H2,1H3,(H,18,19). The summed E-state index contributed by atoms with van der Waals surface area (Å²) in [5, 5.41) is 7.26. The van der Waals surface area contributed by atoms with Gasteiger partial charge in [0.1, 0.15) is 0 Å². The molecule has 0 amide bonds. The minimum Gasteiger partial charge on any atom is -0.297 e. The van der Waals surface area contributed by atoms with Gasteiger partial charge >= 0.3 is 0 Å². The highest BCUT2D eigenvalue weighted by Crippen LogP contribution is 2.22. The van der Waals surface area contributed by atoms with Crippen LogP contribution in [-0.2, 0) is 13.0 Å². The number of hydrogen-bond acceptors (Lipinski definition) is 3. The average Bonchev–Trinajstić information content (AvgIpc) is 2.86. The molecule has 2 aromatic heterocycles. The molecule has 2 aromatic rings. The topological polar surface area (TPSA) is 44.8 Å². The number of H-pyrrole nitrogens is 1. The third kappa shape index (κ3) is 3.25. The summed E-state index contributed by atoms with van der Waals surface area (Å²) in [6.45, 7) is 5.46. The highest BCUT2D eigenvalue weighted by molar-refractivity contribution is 5.14. The normalized spacial score (nSPS) is 20.1. The fourth-order valence-corrected chi connectivity index (χ4v) is 3.05. The molecule has 4 nitrogen and oxygen atoms in total. The number of nitrogens with one attached hydrogen (secondary N) is 1. The first-order valence-electron chi connectivity index (χ1n) is 7.42. The first kappa shape index (κ1) is 13.3. The van der Waals surface area contributed by atoms with Crippen molar-refractivity contribution < 1.29 is 0 Å². The fourth-order valence-electron chi connectivity index (χ4n) is 3.05. The van der Waals surface area contributed by atoms with Gasteiger partial charge in [-0.2, -0.15) is 5.10 Å². The van der Waals surface area contributed by atoms with Crippen molar-refractivity contribution in [2.24, 2.45) is 5.92 Å². The van der Waals surface area contributed by atoms with Crippen LogP contribution in [0, 0.1) is 12.8 Å². The van der Waals surface area contributed by atoms with Crippen LogP contribution in [0.25, 0.3) is 0 Å². The summed E-state index contributed by atoms with van der Waals surface area (Å²) in [6, 6.07) is 6.16. The highest BCUT2D eigenvalue weighted by Gasteiger charge is 2.21. The summed E-state index contributed by atoms with van der Waals surface area (Å²) in [5.74, 6) is 0.728. The van der Waals surface area contributed by atoms with E-state index in [0.29, 0.717) is 0 Å². The molecule has 3 heterocycles. The molecule has 106 valence electrons. The van der Waals surface area contributed by atoms with E-state index in [1.165, 1.54) is 36.3 Å². The summed E-state index contributed by atoms with van der Waals surface area (Å²) >= 11 is 0. The van der Waals surface area contributed by atoms with Gasteiger partial charge in [0.25, 0.3) is 0 Å². The first-order chi connectivity index (χ1) is 9.81. The van der Waals surface area contributed by atoms with E-state index in [1.807, 2.05) is 18.5 Å². The Hall–Kier alpha value is -1.68. The van der Waals surface area contributed by atoms with E-state index in [0.717, 1.165) is 25.4 Å². The minimum atomic E-state index is 0.728. The van der Waals surface area contributed by atoms with Gasteiger partial charge in [0.05, 0.1) is 11.9 Å². The van der Waals surface area contributed by atoms with Crippen molar-refractivity contribution in [3.63, 3.8) is 0 Å². The van der Waals surface area contributed by atoms with Gasteiger partial charge in [-0.15, -0.1) is 0 Å². The number of rotatable bonds is 4. The van der Waals surface area contributed by atoms with Crippen LogP contribution in [0.1, 0.15) is 29.8 Å². The van der Waals surface area contributed by atoms with Crippen molar-refractivity contribution in [1.82, 2.24) is 20.1 Å². The van der Waals surface area contributed by atoms with Crippen molar-refractivity contribution in [1.29, 1.82) is 0 Å². The quantitative estimate of drug-likeness (QED) is 0.928. The van der Waals surface area contributed by atoms with E-state index in [1.54, 1.807) is 0 Å². The SMILES string of the molecule is Cc1cn[nH]c1CC1CCCN(Cc2ccccn2)C1. The van der Waals surface area contributed by atoms with E-state index in [9.17, 15) is 0 Å². The fraction of sp³-hybridized carbons (Fsp3) is 0.500. The molecule has 0 spiro atoms. The third-order valence-electron chi connectivity index (χ3n) is 4.14. The molecular formula is C16H22N4. The van der Waals surface area contributed by atoms with Crippen molar-refractivity contribution in [3.05, 3.63) is 47.5 Å². The minimum absolute atomic E-state index is 0.728. The largest absolute Gasteiger partial charge is 0.297 e. The van der Waals surface area contributed by atoms with Crippen molar-refractivity contribution >= 4 is 0 Å². The summed E-state index contributed by atoms with van der Waals surface area (Å²) < 4.78 is 0. The Balaban J connectivity index is 1.58. The maximum Gasteiger partial charge on any atom is 0.0543 e. The van der Waals surface area contributed by atoms with E-state index >= 15 is 0 Å². The summed E-state index contributed by atoms with van der Waals surface area (Å²) in [7, 11) is 0. The van der Waals surface area contributed by atoms with Crippen LogP contribution in [0.15, 0.2) is 30.6 Å². The second kappa shape index (κ2) is 6.18. The molecule has 3 rings (SSSR count). The zero-order chi connectivity index (χ0) is 13.8. The van der Waals surface area contributed by atoms with Crippen molar-refractivity contribution in [2.75, 3.05) is 13.1 Å². The number of piperidine rings is 1. The lowest BCUT2D eigenvalue weighted by atomic mass is 9.92. The molecule has 0 bridgehead atoms. The Kier molecular flexibility index (Phi) is 4.11. The number of hydrogen-bond donors (Lipinski definition) is 1. The van der Waals surface area contributed by atoms with Gasteiger partial charge in [0, 0.05) is 25.0 Å². The lowest BCUT2D eigenvalue weighted by molar-refractivity contribution is 0.164. The second-order valence-corrected chi connectivity index (χ2v) is 5.80. The van der Waals surface area contributed by atoms with Crippen LogP contribution >= 0.6 is 0 Å². The predicted octanol–water partition coefficient (Wildman–Crippen LogP) is 2.57. The Labute approximate surface area is 120 Å². The number of aryl methyl sites for hydroxylation is 1. The van der Waals surface area contributed by atoms with Gasteiger partial charge in [0.15, 0.2) is 0 Å². The molecule has 1 saturated heterocycles. The van der Waals surface area contributed by atoms with Crippen LogP contribution in [0.2, 0.25) is 0 Å². The van der Waals surface area contributed by atoms with E-state index in [4.69, 9.17) is 0 Å². The van der Waals surface area contributed by atoms with Crippen LogP contribution in [-0.4, -0.2) is 33.2 Å². The van der Waals surface area contributed by atoms with Gasteiger partial charge in [0.2, 0.25) is 0 Å². The highest BCUT2D eigenvalue weighted by atomic mass is 15.1. The van der Waals surface area contributed by atoms with Gasteiger partial charge < -0.3 is 0 Å². The van der Waals surface area contributed by atoms with E-state index < -0.39 is 0 Å². The summed E-state index contributed by atoms with van der Waals surface area (Å²) in [4.78, 5) is 6.96. The summed E-state index contributed by atoms with van der Waals surface area (Å²) in [6.07, 6.45) is 7.51. The average molecular weight is 270 g/mol. The van der Waals surface area contributed by atoms with Gasteiger partial charge in [-0.25, -0.2) is 0 Å². The summed E-state index contributed by atoms with van der Waals surface area (Å²) in [5.41, 5.74) is 3.76. The molecule has 1 atom stereocenters. The third-order valence-corrected chi connectivity index (χ3v) is 4.14. The van der Waals surface area contributed by atoms with E-state index in [-0.39, 0.29) is 0 Å². The maximum atomic E-state index is 4.43. The molecule has 1 aliphatic rings. The molecule has 0 saturated carbocycles. The molecule has 0 aromatic carbocycles. The van der Waals surface area contributed by atoms with Crippen molar-refractivity contribution in [3.8, 4) is 0 Å². The molecule has 1 unspecified atom stereocenters. The van der Waals surface area contributed by atoms with E-state index in [2.05, 4.69) is 39.1 Å². The maximum absolute atomic E-state index is 4.43. The smallest absolute Gasteiger partial charge is 0.0543 e. The molecule has 1 N–H and O–H groups in total. The monoisotopic (exact) mass is 270 g/mol. The Morgan fingerprint density at radius 2 is 2.35 bits per heavy atom. The number of aromatic amines is 1. The Morgan fingerprint density at radius 3 is 3.10 bits per heavy atom. The van der Waals surface area contributed by atoms with Crippen molar-refractivity contribution in [2.45, 2.75) is 32.7 Å². The van der Waals surface area contributed by atoms with Crippen LogP contribution in [0.4, 0.5) is 0 Å². The molecule has 20 heavy (non-hydrogen) atoms.